The fourth-order valence-corrected chi connectivity index (χ4v) is 3.27. The molecule has 2 N–H and O–H groups in total. The van der Waals surface area contributed by atoms with Gasteiger partial charge in [0.2, 0.25) is 11.8 Å². The van der Waals surface area contributed by atoms with E-state index < -0.39 is 0 Å². The number of piperazine rings is 1. The van der Waals surface area contributed by atoms with Gasteiger partial charge in [-0.05, 0) is 29.3 Å². The summed E-state index contributed by atoms with van der Waals surface area (Å²) in [6.45, 7) is 1.17. The highest BCUT2D eigenvalue weighted by Crippen LogP contribution is 2.26. The molecule has 4 rings (SSSR count). The molecule has 27 heavy (non-hydrogen) atoms. The fourth-order valence-electron chi connectivity index (χ4n) is 3.27. The van der Waals surface area contributed by atoms with Gasteiger partial charge in [-0.15, -0.1) is 0 Å². The van der Waals surface area contributed by atoms with Crippen LogP contribution in [-0.4, -0.2) is 53.4 Å². The lowest BCUT2D eigenvalue weighted by molar-refractivity contribution is -0.137. The number of aromatic nitrogens is 2. The number of hydrogen-bond donors (Lipinski definition) is 2. The zero-order valence-corrected chi connectivity index (χ0v) is 15.0. The normalized spacial score (nSPS) is 14.3. The predicted molar refractivity (Wildman–Crippen MR) is 101 cm³/mol. The minimum absolute atomic E-state index is 0.0550. The van der Waals surface area contributed by atoms with E-state index in [9.17, 15) is 9.59 Å². The molecular formula is C20H20N4O3. The number of fused-ring (bicyclic) bond motifs is 1. The second-order valence-corrected chi connectivity index (χ2v) is 6.50. The molecule has 0 bridgehead atoms. The SMILES string of the molecule is COc1ccc(-c2cnc3[nH]cc(CC(=O)N4CCNC(=O)C4)c3c2)cc1. The molecule has 1 aliphatic heterocycles. The van der Waals surface area contributed by atoms with Crippen molar-refractivity contribution in [1.82, 2.24) is 20.2 Å². The van der Waals surface area contributed by atoms with Crippen molar-refractivity contribution < 1.29 is 14.3 Å². The Balaban J connectivity index is 1.60. The summed E-state index contributed by atoms with van der Waals surface area (Å²) in [7, 11) is 1.64. The van der Waals surface area contributed by atoms with E-state index in [2.05, 4.69) is 15.3 Å². The molecule has 0 saturated carbocycles. The molecule has 1 saturated heterocycles. The molecule has 0 atom stereocenters. The Hall–Kier alpha value is -3.35. The van der Waals surface area contributed by atoms with Crippen LogP contribution >= 0.6 is 0 Å². The first-order valence-electron chi connectivity index (χ1n) is 8.79. The van der Waals surface area contributed by atoms with Gasteiger partial charge in [-0.3, -0.25) is 9.59 Å². The highest BCUT2D eigenvalue weighted by Gasteiger charge is 2.22. The Morgan fingerprint density at radius 2 is 2.07 bits per heavy atom. The predicted octanol–water partition coefficient (Wildman–Crippen LogP) is 1.74. The van der Waals surface area contributed by atoms with Gasteiger partial charge in [-0.2, -0.15) is 0 Å². The van der Waals surface area contributed by atoms with E-state index in [-0.39, 0.29) is 24.8 Å². The summed E-state index contributed by atoms with van der Waals surface area (Å²) in [5.74, 6) is 0.629. The molecule has 3 aromatic rings. The Bertz CT molecular complexity index is 994. The van der Waals surface area contributed by atoms with Crippen LogP contribution in [-0.2, 0) is 16.0 Å². The first-order chi connectivity index (χ1) is 13.1. The summed E-state index contributed by atoms with van der Waals surface area (Å²) in [6.07, 6.45) is 3.86. The molecule has 1 fully saturated rings. The van der Waals surface area contributed by atoms with E-state index in [4.69, 9.17) is 4.74 Å². The number of H-pyrrole nitrogens is 1. The highest BCUT2D eigenvalue weighted by atomic mass is 16.5. The molecule has 138 valence electrons. The van der Waals surface area contributed by atoms with Crippen LogP contribution in [0.25, 0.3) is 22.2 Å². The van der Waals surface area contributed by atoms with Crippen molar-refractivity contribution >= 4 is 22.8 Å². The van der Waals surface area contributed by atoms with Gasteiger partial charge in [0.15, 0.2) is 0 Å². The summed E-state index contributed by atoms with van der Waals surface area (Å²) in [4.78, 5) is 33.3. The number of methoxy groups -OCH3 is 1. The van der Waals surface area contributed by atoms with Crippen molar-refractivity contribution in [2.75, 3.05) is 26.7 Å². The zero-order valence-electron chi connectivity index (χ0n) is 15.0. The number of hydrogen-bond acceptors (Lipinski definition) is 4. The van der Waals surface area contributed by atoms with E-state index >= 15 is 0 Å². The molecule has 7 nitrogen and oxygen atoms in total. The van der Waals surface area contributed by atoms with Crippen molar-refractivity contribution in [3.8, 4) is 16.9 Å². The number of benzene rings is 1. The standard InChI is InChI=1S/C20H20N4O3/c1-27-16-4-2-13(3-5-16)14-8-17-15(11-23-20(17)22-10-14)9-19(26)24-7-6-21-18(25)12-24/h2-5,8,10-11H,6-7,9,12H2,1H3,(H,21,25)(H,22,23). The average molecular weight is 364 g/mol. The van der Waals surface area contributed by atoms with E-state index in [0.717, 1.165) is 33.5 Å². The fraction of sp³-hybridized carbons (Fsp3) is 0.250. The molecule has 0 unspecified atom stereocenters. The van der Waals surface area contributed by atoms with Crippen LogP contribution in [0.1, 0.15) is 5.56 Å². The van der Waals surface area contributed by atoms with Gasteiger partial charge < -0.3 is 19.9 Å². The first kappa shape index (κ1) is 17.1. The molecule has 1 aliphatic rings. The Labute approximate surface area is 156 Å². The number of aromatic amines is 1. The van der Waals surface area contributed by atoms with Crippen molar-refractivity contribution in [1.29, 1.82) is 0 Å². The third-order valence-electron chi connectivity index (χ3n) is 4.77. The lowest BCUT2D eigenvalue weighted by Crippen LogP contribution is -2.50. The van der Waals surface area contributed by atoms with Crippen LogP contribution in [0.2, 0.25) is 0 Å². The summed E-state index contributed by atoms with van der Waals surface area (Å²) in [6, 6.07) is 9.80. The van der Waals surface area contributed by atoms with E-state index in [0.29, 0.717) is 13.1 Å². The number of rotatable bonds is 4. The lowest BCUT2D eigenvalue weighted by Gasteiger charge is -2.26. The van der Waals surface area contributed by atoms with Gasteiger partial charge >= 0.3 is 0 Å². The second-order valence-electron chi connectivity index (χ2n) is 6.50. The first-order valence-corrected chi connectivity index (χ1v) is 8.79. The topological polar surface area (TPSA) is 87.3 Å². The van der Waals surface area contributed by atoms with Crippen LogP contribution in [0.5, 0.6) is 5.75 Å². The van der Waals surface area contributed by atoms with Crippen LogP contribution in [0.15, 0.2) is 42.7 Å². The molecule has 7 heteroatoms. The number of ether oxygens (including phenoxy) is 1. The minimum Gasteiger partial charge on any atom is -0.497 e. The van der Waals surface area contributed by atoms with Gasteiger partial charge in [0.05, 0.1) is 20.1 Å². The van der Waals surface area contributed by atoms with E-state index in [1.807, 2.05) is 36.5 Å². The van der Waals surface area contributed by atoms with Crippen molar-refractivity contribution in [2.24, 2.45) is 0 Å². The summed E-state index contributed by atoms with van der Waals surface area (Å²) < 4.78 is 5.20. The van der Waals surface area contributed by atoms with Crippen molar-refractivity contribution in [3.05, 3.63) is 48.3 Å². The van der Waals surface area contributed by atoms with Gasteiger partial charge in [-0.1, -0.05) is 12.1 Å². The monoisotopic (exact) mass is 364 g/mol. The average Bonchev–Trinajstić information content (AvgIpc) is 3.10. The third-order valence-corrected chi connectivity index (χ3v) is 4.77. The number of nitrogens with zero attached hydrogens (tertiary/aromatic N) is 2. The number of carbonyl (C=O) groups excluding carboxylic acids is 2. The molecular weight excluding hydrogens is 344 g/mol. The Morgan fingerprint density at radius 3 is 2.81 bits per heavy atom. The quantitative estimate of drug-likeness (QED) is 0.738. The number of amides is 2. The maximum absolute atomic E-state index is 12.6. The third kappa shape index (κ3) is 3.48. The second kappa shape index (κ2) is 7.11. The smallest absolute Gasteiger partial charge is 0.239 e. The van der Waals surface area contributed by atoms with Crippen LogP contribution in [0, 0.1) is 0 Å². The highest BCUT2D eigenvalue weighted by molar-refractivity contribution is 5.91. The molecule has 1 aromatic carbocycles. The molecule has 2 amide bonds. The van der Waals surface area contributed by atoms with Crippen LogP contribution in [0.3, 0.4) is 0 Å². The Kier molecular flexibility index (Phi) is 4.50. The molecule has 0 radical (unpaired) electrons. The van der Waals surface area contributed by atoms with Gasteiger partial charge in [0, 0.05) is 36.4 Å². The van der Waals surface area contributed by atoms with Crippen molar-refractivity contribution in [3.63, 3.8) is 0 Å². The molecule has 0 spiro atoms. The van der Waals surface area contributed by atoms with Crippen LogP contribution < -0.4 is 10.1 Å². The zero-order chi connectivity index (χ0) is 18.8. The van der Waals surface area contributed by atoms with Crippen LogP contribution in [0.4, 0.5) is 0 Å². The number of carbonyl (C=O) groups is 2. The van der Waals surface area contributed by atoms with E-state index in [1.165, 1.54) is 0 Å². The van der Waals surface area contributed by atoms with Gasteiger partial charge in [0.25, 0.3) is 0 Å². The largest absolute Gasteiger partial charge is 0.497 e. The summed E-state index contributed by atoms with van der Waals surface area (Å²) >= 11 is 0. The minimum atomic E-state index is -0.114. The Morgan fingerprint density at radius 1 is 1.26 bits per heavy atom. The molecule has 2 aromatic heterocycles. The number of pyridine rings is 1. The summed E-state index contributed by atoms with van der Waals surface area (Å²) in [5, 5.41) is 3.65. The lowest BCUT2D eigenvalue weighted by atomic mass is 10.0. The maximum Gasteiger partial charge on any atom is 0.239 e. The molecule has 0 aliphatic carbocycles. The molecule has 3 heterocycles. The van der Waals surface area contributed by atoms with Gasteiger partial charge in [0.1, 0.15) is 11.4 Å². The number of nitrogens with one attached hydrogen (secondary N) is 2. The van der Waals surface area contributed by atoms with Crippen molar-refractivity contribution in [2.45, 2.75) is 6.42 Å². The van der Waals surface area contributed by atoms with E-state index in [1.54, 1.807) is 18.2 Å². The maximum atomic E-state index is 12.6. The summed E-state index contributed by atoms with van der Waals surface area (Å²) in [5.41, 5.74) is 3.61. The van der Waals surface area contributed by atoms with Gasteiger partial charge in [-0.25, -0.2) is 4.98 Å².